The molecule has 0 aromatic rings. The minimum absolute atomic E-state index is 0.328. The van der Waals surface area contributed by atoms with Crippen molar-refractivity contribution in [1.29, 1.82) is 0 Å². The molecule has 4 nitrogen and oxygen atoms in total. The quantitative estimate of drug-likeness (QED) is 0.357. The molecule has 1 rings (SSSR count). The number of aliphatic imine (C=N–C) groups is 1. The van der Waals surface area contributed by atoms with Gasteiger partial charge in [-0.2, -0.15) is 4.99 Å². The summed E-state index contributed by atoms with van der Waals surface area (Å²) in [6.07, 6.45) is 3.57. The number of ether oxygens (including phenoxy) is 1. The number of carbonyl (C=O) groups is 1. The van der Waals surface area contributed by atoms with Crippen molar-refractivity contribution >= 4 is 12.0 Å². The fourth-order valence-electron chi connectivity index (χ4n) is 1.23. The van der Waals surface area contributed by atoms with E-state index in [1.54, 1.807) is 6.92 Å². The zero-order valence-corrected chi connectivity index (χ0v) is 7.00. The molecule has 1 aliphatic carbocycles. The maximum absolute atomic E-state index is 11.2. The van der Waals surface area contributed by atoms with Crippen LogP contribution in [0.4, 0.5) is 0 Å². The minimum Gasteiger partial charge on any atom is -0.464 e. The maximum Gasteiger partial charge on any atom is 0.334 e. The molecule has 0 unspecified atom stereocenters. The third-order valence-electron chi connectivity index (χ3n) is 2.10. The molecule has 0 bridgehead atoms. The summed E-state index contributed by atoms with van der Waals surface area (Å²) >= 11 is 0. The highest BCUT2D eigenvalue weighted by Gasteiger charge is 2.45. The Morgan fingerprint density at radius 3 is 2.67 bits per heavy atom. The van der Waals surface area contributed by atoms with Gasteiger partial charge in [-0.15, -0.1) is 0 Å². The molecule has 1 aliphatic rings. The summed E-state index contributed by atoms with van der Waals surface area (Å²) in [5.74, 6) is -0.389. The second kappa shape index (κ2) is 3.50. The zero-order chi connectivity index (χ0) is 9.03. The second-order valence-corrected chi connectivity index (χ2v) is 2.81. The molecule has 0 N–H and O–H groups in total. The molecule has 0 saturated heterocycles. The Hall–Kier alpha value is -1.15. The summed E-state index contributed by atoms with van der Waals surface area (Å²) in [5.41, 5.74) is -0.877. The molecule has 66 valence electrons. The van der Waals surface area contributed by atoms with Crippen molar-refractivity contribution in [2.24, 2.45) is 4.99 Å². The van der Waals surface area contributed by atoms with Crippen LogP contribution in [0.3, 0.4) is 0 Å². The van der Waals surface area contributed by atoms with E-state index in [0.29, 0.717) is 19.4 Å². The van der Waals surface area contributed by atoms with Crippen LogP contribution < -0.4 is 0 Å². The molecule has 0 heterocycles. The van der Waals surface area contributed by atoms with Gasteiger partial charge in [-0.05, 0) is 26.2 Å². The summed E-state index contributed by atoms with van der Waals surface area (Å²) in [4.78, 5) is 24.8. The van der Waals surface area contributed by atoms with E-state index in [0.717, 1.165) is 6.42 Å². The van der Waals surface area contributed by atoms with E-state index < -0.39 is 5.54 Å². The van der Waals surface area contributed by atoms with Crippen LogP contribution in [0.15, 0.2) is 4.99 Å². The van der Waals surface area contributed by atoms with Gasteiger partial charge >= 0.3 is 5.97 Å². The summed E-state index contributed by atoms with van der Waals surface area (Å²) in [6.45, 7) is 2.06. The van der Waals surface area contributed by atoms with Crippen molar-refractivity contribution in [3.63, 3.8) is 0 Å². The van der Waals surface area contributed by atoms with Crippen molar-refractivity contribution in [3.8, 4) is 0 Å². The summed E-state index contributed by atoms with van der Waals surface area (Å²) in [6, 6.07) is 0. The Kier molecular flexibility index (Phi) is 2.61. The molecule has 0 spiro atoms. The van der Waals surface area contributed by atoms with Crippen LogP contribution in [-0.2, 0) is 14.3 Å². The van der Waals surface area contributed by atoms with Gasteiger partial charge in [0, 0.05) is 0 Å². The molecule has 1 saturated carbocycles. The lowest BCUT2D eigenvalue weighted by Crippen LogP contribution is -2.44. The van der Waals surface area contributed by atoms with Gasteiger partial charge in [0.25, 0.3) is 0 Å². The Balaban J connectivity index is 2.66. The van der Waals surface area contributed by atoms with Crippen molar-refractivity contribution in [3.05, 3.63) is 0 Å². The standard InChI is InChI=1S/C8H11NO3/c1-2-12-7(11)8(9-6-10)4-3-5-8/h2-5H2,1H3. The normalized spacial score (nSPS) is 18.8. The zero-order valence-electron chi connectivity index (χ0n) is 7.00. The highest BCUT2D eigenvalue weighted by molar-refractivity contribution is 5.83. The highest BCUT2D eigenvalue weighted by Crippen LogP contribution is 2.36. The summed E-state index contributed by atoms with van der Waals surface area (Å²) in [5, 5.41) is 0. The van der Waals surface area contributed by atoms with Gasteiger partial charge in [0.1, 0.15) is 0 Å². The van der Waals surface area contributed by atoms with Gasteiger partial charge in [-0.25, -0.2) is 9.59 Å². The molecule has 12 heavy (non-hydrogen) atoms. The van der Waals surface area contributed by atoms with Crippen molar-refractivity contribution in [2.45, 2.75) is 31.7 Å². The second-order valence-electron chi connectivity index (χ2n) is 2.81. The predicted molar refractivity (Wildman–Crippen MR) is 41.3 cm³/mol. The van der Waals surface area contributed by atoms with Crippen molar-refractivity contribution in [1.82, 2.24) is 0 Å². The molecule has 0 aromatic heterocycles. The number of isocyanates is 1. The van der Waals surface area contributed by atoms with Crippen LogP contribution in [0.2, 0.25) is 0 Å². The van der Waals surface area contributed by atoms with E-state index in [1.807, 2.05) is 0 Å². The number of hydrogen-bond donors (Lipinski definition) is 0. The largest absolute Gasteiger partial charge is 0.464 e. The Morgan fingerprint density at radius 1 is 1.67 bits per heavy atom. The molecule has 0 amide bonds. The molecule has 0 aromatic carbocycles. The van der Waals surface area contributed by atoms with Crippen LogP contribution in [0.1, 0.15) is 26.2 Å². The number of rotatable bonds is 3. The minimum atomic E-state index is -0.877. The number of nitrogens with zero attached hydrogens (tertiary/aromatic N) is 1. The first-order chi connectivity index (χ1) is 5.75. The first-order valence-corrected chi connectivity index (χ1v) is 4.01. The fourth-order valence-corrected chi connectivity index (χ4v) is 1.23. The lowest BCUT2D eigenvalue weighted by atomic mass is 9.77. The van der Waals surface area contributed by atoms with Gasteiger partial charge in [0.05, 0.1) is 6.61 Å². The van der Waals surface area contributed by atoms with Gasteiger partial charge in [0.15, 0.2) is 5.54 Å². The predicted octanol–water partition coefficient (Wildman–Crippen LogP) is 0.808. The Labute approximate surface area is 70.6 Å². The van der Waals surface area contributed by atoms with E-state index in [9.17, 15) is 9.59 Å². The molecule has 1 fully saturated rings. The van der Waals surface area contributed by atoms with Crippen molar-refractivity contribution < 1.29 is 14.3 Å². The Bertz CT molecular complexity index is 226. The Morgan fingerprint density at radius 2 is 2.33 bits per heavy atom. The highest BCUT2D eigenvalue weighted by atomic mass is 16.5. The maximum atomic E-state index is 11.2. The van der Waals surface area contributed by atoms with E-state index >= 15 is 0 Å². The first-order valence-electron chi connectivity index (χ1n) is 4.01. The molecule has 0 radical (unpaired) electrons. The van der Waals surface area contributed by atoms with Crippen molar-refractivity contribution in [2.75, 3.05) is 6.61 Å². The van der Waals surface area contributed by atoms with E-state index in [1.165, 1.54) is 6.08 Å². The molecule has 0 atom stereocenters. The van der Waals surface area contributed by atoms with Gasteiger partial charge in [0.2, 0.25) is 6.08 Å². The molecule has 0 aliphatic heterocycles. The first kappa shape index (κ1) is 8.94. The molecular formula is C8H11NO3. The molecular weight excluding hydrogens is 158 g/mol. The van der Waals surface area contributed by atoms with Gasteiger partial charge in [-0.3, -0.25) is 0 Å². The van der Waals surface area contributed by atoms with Crippen LogP contribution in [0, 0.1) is 0 Å². The lowest BCUT2D eigenvalue weighted by molar-refractivity contribution is -0.152. The topological polar surface area (TPSA) is 55.7 Å². The summed E-state index contributed by atoms with van der Waals surface area (Å²) in [7, 11) is 0. The van der Waals surface area contributed by atoms with E-state index in [4.69, 9.17) is 4.74 Å². The van der Waals surface area contributed by atoms with E-state index in [-0.39, 0.29) is 5.97 Å². The SMILES string of the molecule is CCOC(=O)C1(N=C=O)CCC1. The average molecular weight is 169 g/mol. The van der Waals surface area contributed by atoms with Gasteiger partial charge in [-0.1, -0.05) is 0 Å². The van der Waals surface area contributed by atoms with Crippen LogP contribution in [0.25, 0.3) is 0 Å². The monoisotopic (exact) mass is 169 g/mol. The van der Waals surface area contributed by atoms with Gasteiger partial charge < -0.3 is 4.74 Å². The number of carbonyl (C=O) groups excluding carboxylic acids is 2. The third kappa shape index (κ3) is 1.38. The smallest absolute Gasteiger partial charge is 0.334 e. The lowest BCUT2D eigenvalue weighted by Gasteiger charge is -2.33. The van der Waals surface area contributed by atoms with E-state index in [2.05, 4.69) is 4.99 Å². The van der Waals surface area contributed by atoms with Crippen LogP contribution in [0.5, 0.6) is 0 Å². The average Bonchev–Trinajstić information content (AvgIpc) is 1.97. The van der Waals surface area contributed by atoms with Crippen LogP contribution in [-0.4, -0.2) is 24.2 Å². The fraction of sp³-hybridized carbons (Fsp3) is 0.750. The molecule has 4 heteroatoms. The van der Waals surface area contributed by atoms with Crippen LogP contribution >= 0.6 is 0 Å². The summed E-state index contributed by atoms with van der Waals surface area (Å²) < 4.78 is 4.79. The number of esters is 1. The third-order valence-corrected chi connectivity index (χ3v) is 2.10. The number of hydrogen-bond acceptors (Lipinski definition) is 4.